The summed E-state index contributed by atoms with van der Waals surface area (Å²) in [5.74, 6) is 4.40. The van der Waals surface area contributed by atoms with Gasteiger partial charge in [0.05, 0.1) is 12.0 Å². The van der Waals surface area contributed by atoms with Crippen LogP contribution in [0.2, 0.25) is 0 Å². The van der Waals surface area contributed by atoms with E-state index in [9.17, 15) is 10.1 Å². The Balaban J connectivity index is 1.71. The Labute approximate surface area is 146 Å². The number of carbonyl (C=O) groups excluding carboxylic acids is 1. The summed E-state index contributed by atoms with van der Waals surface area (Å²) in [5, 5.41) is 9.74. The Morgan fingerprint density at radius 3 is 2.79 bits per heavy atom. The maximum atomic E-state index is 11.9. The zero-order chi connectivity index (χ0) is 16.9. The van der Waals surface area contributed by atoms with Crippen molar-refractivity contribution < 1.29 is 4.79 Å². The van der Waals surface area contributed by atoms with Gasteiger partial charge in [0, 0.05) is 6.42 Å². The lowest BCUT2D eigenvalue weighted by molar-refractivity contribution is -0.116. The van der Waals surface area contributed by atoms with Crippen LogP contribution < -0.4 is 0 Å². The van der Waals surface area contributed by atoms with E-state index in [1.807, 2.05) is 6.08 Å². The highest BCUT2D eigenvalue weighted by molar-refractivity contribution is 5.91. The lowest BCUT2D eigenvalue weighted by atomic mass is 9.47. The molecule has 0 aliphatic heterocycles. The normalized spacial score (nSPS) is 47.2. The summed E-state index contributed by atoms with van der Waals surface area (Å²) >= 11 is 0. The monoisotopic (exact) mass is 325 g/mol. The molecule has 0 N–H and O–H groups in total. The molecule has 0 aromatic carbocycles. The number of hydrogen-bond donors (Lipinski definition) is 0. The van der Waals surface area contributed by atoms with Crippen molar-refractivity contribution in [2.75, 3.05) is 0 Å². The van der Waals surface area contributed by atoms with Gasteiger partial charge in [0.1, 0.15) is 0 Å². The predicted molar refractivity (Wildman–Crippen MR) is 95.0 cm³/mol. The van der Waals surface area contributed by atoms with Gasteiger partial charge in [0.25, 0.3) is 0 Å². The van der Waals surface area contributed by atoms with Gasteiger partial charge in [-0.25, -0.2) is 0 Å². The van der Waals surface area contributed by atoms with Crippen LogP contribution in [0.15, 0.2) is 11.6 Å². The van der Waals surface area contributed by atoms with E-state index in [-0.39, 0.29) is 5.92 Å². The fourth-order valence-corrected chi connectivity index (χ4v) is 7.49. The SMILES string of the molecule is CC[C@H]1CC2=CC(=O)CC[C@@H]2[C@H]2CC[C@]3(CC)[C@@H](C#N)CC[C@H]3[C@H]12. The summed E-state index contributed by atoms with van der Waals surface area (Å²) in [6.45, 7) is 4.67. The molecule has 4 aliphatic carbocycles. The van der Waals surface area contributed by atoms with Crippen LogP contribution in [-0.4, -0.2) is 5.78 Å². The van der Waals surface area contributed by atoms with Gasteiger partial charge in [0.2, 0.25) is 0 Å². The summed E-state index contributed by atoms with van der Waals surface area (Å²) in [7, 11) is 0. The van der Waals surface area contributed by atoms with Crippen molar-refractivity contribution in [3.05, 3.63) is 11.6 Å². The largest absolute Gasteiger partial charge is 0.295 e. The summed E-state index contributed by atoms with van der Waals surface area (Å²) in [6, 6.07) is 2.69. The minimum atomic E-state index is 0.288. The van der Waals surface area contributed by atoms with Crippen LogP contribution in [0, 0.1) is 52.3 Å². The van der Waals surface area contributed by atoms with Gasteiger partial charge in [0.15, 0.2) is 5.78 Å². The summed E-state index contributed by atoms with van der Waals surface area (Å²) < 4.78 is 0. The van der Waals surface area contributed by atoms with Crippen molar-refractivity contribution in [2.24, 2.45) is 40.9 Å². The smallest absolute Gasteiger partial charge is 0.155 e. The molecule has 4 aliphatic rings. The summed E-state index contributed by atoms with van der Waals surface area (Å²) in [6.07, 6.45) is 12.4. The maximum Gasteiger partial charge on any atom is 0.155 e. The Hall–Kier alpha value is -1.10. The van der Waals surface area contributed by atoms with E-state index in [2.05, 4.69) is 19.9 Å². The van der Waals surface area contributed by atoms with E-state index in [4.69, 9.17) is 0 Å². The molecule has 0 aromatic heterocycles. The molecule has 0 aromatic rings. The Kier molecular flexibility index (Phi) is 4.10. The number of carbonyl (C=O) groups is 1. The quantitative estimate of drug-likeness (QED) is 0.691. The number of hydrogen-bond acceptors (Lipinski definition) is 2. The van der Waals surface area contributed by atoms with Crippen LogP contribution in [-0.2, 0) is 4.79 Å². The van der Waals surface area contributed by atoms with Crippen molar-refractivity contribution in [1.82, 2.24) is 0 Å². The first-order chi connectivity index (χ1) is 11.6. The first-order valence-electron chi connectivity index (χ1n) is 10.3. The fourth-order valence-electron chi connectivity index (χ4n) is 7.49. The third-order valence-electron chi connectivity index (χ3n) is 8.52. The van der Waals surface area contributed by atoms with Crippen molar-refractivity contribution in [3.8, 4) is 6.07 Å². The minimum Gasteiger partial charge on any atom is -0.295 e. The number of fused-ring (bicyclic) bond motifs is 5. The number of rotatable bonds is 2. The first-order valence-corrected chi connectivity index (χ1v) is 10.3. The van der Waals surface area contributed by atoms with Gasteiger partial charge < -0.3 is 0 Å². The maximum absolute atomic E-state index is 11.9. The minimum absolute atomic E-state index is 0.288. The second-order valence-electron chi connectivity index (χ2n) is 8.94. The lowest BCUT2D eigenvalue weighted by Gasteiger charge is -2.57. The highest BCUT2D eigenvalue weighted by Crippen LogP contribution is 2.66. The van der Waals surface area contributed by atoms with Crippen LogP contribution in [0.4, 0.5) is 0 Å². The van der Waals surface area contributed by atoms with Gasteiger partial charge >= 0.3 is 0 Å². The Morgan fingerprint density at radius 1 is 1.25 bits per heavy atom. The van der Waals surface area contributed by atoms with Crippen LogP contribution >= 0.6 is 0 Å². The first kappa shape index (κ1) is 16.4. The van der Waals surface area contributed by atoms with Crippen LogP contribution in [0.5, 0.6) is 0 Å². The molecule has 0 amide bonds. The number of nitrogens with zero attached hydrogens (tertiary/aromatic N) is 1. The second-order valence-corrected chi connectivity index (χ2v) is 8.94. The van der Waals surface area contributed by atoms with Gasteiger partial charge in [-0.15, -0.1) is 0 Å². The molecule has 2 heteroatoms. The Morgan fingerprint density at radius 2 is 2.08 bits per heavy atom. The highest BCUT2D eigenvalue weighted by atomic mass is 16.1. The van der Waals surface area contributed by atoms with Gasteiger partial charge in [-0.2, -0.15) is 5.26 Å². The molecule has 0 bridgehead atoms. The molecule has 3 fully saturated rings. The van der Waals surface area contributed by atoms with Crippen molar-refractivity contribution >= 4 is 5.78 Å². The topological polar surface area (TPSA) is 40.9 Å². The molecule has 3 saturated carbocycles. The van der Waals surface area contributed by atoms with E-state index in [1.165, 1.54) is 37.7 Å². The van der Waals surface area contributed by atoms with Crippen molar-refractivity contribution in [3.63, 3.8) is 0 Å². The molecule has 24 heavy (non-hydrogen) atoms. The molecule has 0 saturated heterocycles. The molecule has 130 valence electrons. The molecule has 0 radical (unpaired) electrons. The second kappa shape index (κ2) is 6.01. The van der Waals surface area contributed by atoms with Crippen LogP contribution in [0.25, 0.3) is 0 Å². The average Bonchev–Trinajstić information content (AvgIpc) is 2.99. The standard InChI is InChI=1S/C22H31NO/c1-3-14-11-15-12-17(24)6-7-18(15)19-9-10-22(4-2)16(13-23)5-8-20(22)21(14)19/h12,14,16,18-21H,3-11H2,1-2H3/t14-,16+,18-,19+,20-,21+,22+/m0/s1. The van der Waals surface area contributed by atoms with Crippen LogP contribution in [0.1, 0.15) is 71.6 Å². The third kappa shape index (κ3) is 2.16. The summed E-state index contributed by atoms with van der Waals surface area (Å²) in [5.41, 5.74) is 1.79. The molecule has 2 nitrogen and oxygen atoms in total. The fraction of sp³-hybridized carbons (Fsp3) is 0.818. The van der Waals surface area contributed by atoms with Gasteiger partial charge in [-0.3, -0.25) is 4.79 Å². The third-order valence-corrected chi connectivity index (χ3v) is 8.52. The number of ketones is 1. The summed E-state index contributed by atoms with van der Waals surface area (Å²) in [4.78, 5) is 11.9. The van der Waals surface area contributed by atoms with Gasteiger partial charge in [-0.05, 0) is 86.0 Å². The highest BCUT2D eigenvalue weighted by Gasteiger charge is 2.59. The van der Waals surface area contributed by atoms with E-state index < -0.39 is 0 Å². The molecule has 0 spiro atoms. The van der Waals surface area contributed by atoms with E-state index in [1.54, 1.807) is 0 Å². The van der Waals surface area contributed by atoms with E-state index in [0.29, 0.717) is 17.1 Å². The Bertz CT molecular complexity index is 600. The molecule has 0 unspecified atom stereocenters. The van der Waals surface area contributed by atoms with Crippen molar-refractivity contribution in [1.29, 1.82) is 5.26 Å². The zero-order valence-corrected chi connectivity index (χ0v) is 15.3. The molecule has 7 atom stereocenters. The average molecular weight is 325 g/mol. The molecular weight excluding hydrogens is 294 g/mol. The van der Waals surface area contributed by atoms with E-state index >= 15 is 0 Å². The predicted octanol–water partition coefficient (Wildman–Crippen LogP) is 5.29. The number of nitriles is 1. The van der Waals surface area contributed by atoms with Crippen molar-refractivity contribution in [2.45, 2.75) is 71.6 Å². The molecule has 4 rings (SSSR count). The molecule has 0 heterocycles. The number of allylic oxidation sites excluding steroid dienone is 1. The van der Waals surface area contributed by atoms with E-state index in [0.717, 1.165) is 49.4 Å². The lowest BCUT2D eigenvalue weighted by Crippen LogP contribution is -2.50. The molecular formula is C22H31NO. The van der Waals surface area contributed by atoms with Crippen LogP contribution in [0.3, 0.4) is 0 Å². The zero-order valence-electron chi connectivity index (χ0n) is 15.3. The van der Waals surface area contributed by atoms with Gasteiger partial charge in [-0.1, -0.05) is 25.8 Å².